The van der Waals surface area contributed by atoms with E-state index in [2.05, 4.69) is 19.2 Å². The van der Waals surface area contributed by atoms with E-state index in [1.54, 1.807) is 11.8 Å². The molecule has 2 aliphatic rings. The predicted octanol–water partition coefficient (Wildman–Crippen LogP) is 3.73. The smallest absolute Gasteiger partial charge is 0.258 e. The predicted molar refractivity (Wildman–Crippen MR) is 142 cm³/mol. The Bertz CT molecular complexity index is 945. The average molecular weight is 498 g/mol. The molecule has 0 aliphatic carbocycles. The van der Waals surface area contributed by atoms with Crippen LogP contribution in [-0.2, 0) is 27.5 Å². The SMILES string of the molecule is CCCCCC(=O)NCc1ccc(CN2C(=O)C(CCCC)(C3CCCN(C(C)=O)C3)N=C2N)cc1. The van der Waals surface area contributed by atoms with Crippen molar-refractivity contribution in [1.82, 2.24) is 15.1 Å². The van der Waals surface area contributed by atoms with Crippen molar-refractivity contribution in [3.8, 4) is 0 Å². The molecule has 2 heterocycles. The van der Waals surface area contributed by atoms with E-state index in [0.717, 1.165) is 62.6 Å². The lowest BCUT2D eigenvalue weighted by Gasteiger charge is -2.40. The van der Waals surface area contributed by atoms with Crippen LogP contribution in [-0.4, -0.2) is 52.1 Å². The zero-order valence-corrected chi connectivity index (χ0v) is 22.2. The molecule has 8 heteroatoms. The first-order chi connectivity index (χ1) is 17.3. The van der Waals surface area contributed by atoms with Gasteiger partial charge in [0.05, 0.1) is 6.54 Å². The summed E-state index contributed by atoms with van der Waals surface area (Å²) in [4.78, 5) is 46.1. The van der Waals surface area contributed by atoms with Gasteiger partial charge in [0.15, 0.2) is 5.96 Å². The lowest BCUT2D eigenvalue weighted by molar-refractivity contribution is -0.138. The van der Waals surface area contributed by atoms with E-state index in [1.165, 1.54) is 0 Å². The quantitative estimate of drug-likeness (QED) is 0.429. The number of guanidine groups is 1. The molecule has 3 rings (SSSR count). The van der Waals surface area contributed by atoms with Gasteiger partial charge in [-0.3, -0.25) is 19.3 Å². The summed E-state index contributed by atoms with van der Waals surface area (Å²) < 4.78 is 0. The van der Waals surface area contributed by atoms with E-state index in [-0.39, 0.29) is 29.6 Å². The minimum Gasteiger partial charge on any atom is -0.369 e. The molecule has 8 nitrogen and oxygen atoms in total. The average Bonchev–Trinajstić information content (AvgIpc) is 3.12. The highest BCUT2D eigenvalue weighted by Gasteiger charge is 2.53. The largest absolute Gasteiger partial charge is 0.369 e. The molecule has 0 radical (unpaired) electrons. The van der Waals surface area contributed by atoms with Crippen molar-refractivity contribution in [2.24, 2.45) is 16.6 Å². The van der Waals surface area contributed by atoms with Crippen molar-refractivity contribution in [3.05, 3.63) is 35.4 Å². The second-order valence-electron chi connectivity index (χ2n) is 10.2. The second-order valence-corrected chi connectivity index (χ2v) is 10.2. The highest BCUT2D eigenvalue weighted by molar-refractivity contribution is 6.07. The fraction of sp³-hybridized carbons (Fsp3) is 0.643. The number of hydrogen-bond acceptors (Lipinski definition) is 5. The number of piperidine rings is 1. The minimum atomic E-state index is -0.893. The number of carbonyl (C=O) groups excluding carboxylic acids is 3. The Hall–Kier alpha value is -2.90. The molecule has 2 atom stereocenters. The molecular formula is C28H43N5O3. The fourth-order valence-electron chi connectivity index (χ4n) is 5.30. The minimum absolute atomic E-state index is 0.0268. The summed E-state index contributed by atoms with van der Waals surface area (Å²) in [6, 6.07) is 7.91. The lowest BCUT2D eigenvalue weighted by atomic mass is 9.75. The number of likely N-dealkylation sites (tertiary alicyclic amines) is 1. The number of unbranched alkanes of at least 4 members (excludes halogenated alkanes) is 3. The fourth-order valence-corrected chi connectivity index (χ4v) is 5.30. The van der Waals surface area contributed by atoms with Gasteiger partial charge in [0.1, 0.15) is 5.54 Å². The van der Waals surface area contributed by atoms with Gasteiger partial charge in [-0.05, 0) is 36.8 Å². The Morgan fingerprint density at radius 1 is 1.11 bits per heavy atom. The molecule has 198 valence electrons. The van der Waals surface area contributed by atoms with E-state index < -0.39 is 5.54 Å². The summed E-state index contributed by atoms with van der Waals surface area (Å²) in [7, 11) is 0. The first kappa shape index (κ1) is 27.7. The maximum atomic E-state index is 13.9. The topological polar surface area (TPSA) is 108 Å². The van der Waals surface area contributed by atoms with Gasteiger partial charge in [0.2, 0.25) is 11.8 Å². The van der Waals surface area contributed by atoms with Crippen LogP contribution in [0.5, 0.6) is 0 Å². The van der Waals surface area contributed by atoms with E-state index in [9.17, 15) is 14.4 Å². The van der Waals surface area contributed by atoms with Gasteiger partial charge >= 0.3 is 0 Å². The summed E-state index contributed by atoms with van der Waals surface area (Å²) in [6.45, 7) is 7.95. The molecule has 1 aromatic rings. The number of nitrogens with zero attached hydrogens (tertiary/aromatic N) is 3. The van der Waals surface area contributed by atoms with Gasteiger partial charge in [-0.25, -0.2) is 4.99 Å². The Kier molecular flexibility index (Phi) is 9.90. The first-order valence-electron chi connectivity index (χ1n) is 13.6. The Morgan fingerprint density at radius 3 is 2.47 bits per heavy atom. The van der Waals surface area contributed by atoms with Crippen LogP contribution in [0, 0.1) is 5.92 Å². The van der Waals surface area contributed by atoms with Crippen LogP contribution in [0.1, 0.15) is 89.7 Å². The van der Waals surface area contributed by atoms with Crippen LogP contribution < -0.4 is 11.1 Å². The monoisotopic (exact) mass is 497 g/mol. The maximum Gasteiger partial charge on any atom is 0.258 e. The third-order valence-corrected chi connectivity index (χ3v) is 7.52. The van der Waals surface area contributed by atoms with Crippen LogP contribution in [0.3, 0.4) is 0 Å². The van der Waals surface area contributed by atoms with Crippen LogP contribution in [0.2, 0.25) is 0 Å². The molecule has 1 saturated heterocycles. The summed E-state index contributed by atoms with van der Waals surface area (Å²) in [5.41, 5.74) is 7.43. The third kappa shape index (κ3) is 6.65. The lowest BCUT2D eigenvalue weighted by Crippen LogP contribution is -2.53. The number of hydrogen-bond donors (Lipinski definition) is 2. The van der Waals surface area contributed by atoms with Gasteiger partial charge in [0, 0.05) is 38.9 Å². The third-order valence-electron chi connectivity index (χ3n) is 7.52. The van der Waals surface area contributed by atoms with Crippen molar-refractivity contribution in [2.75, 3.05) is 13.1 Å². The Balaban J connectivity index is 1.66. The van der Waals surface area contributed by atoms with Gasteiger partial charge in [0.25, 0.3) is 5.91 Å². The highest BCUT2D eigenvalue weighted by atomic mass is 16.2. The second kappa shape index (κ2) is 12.9. The molecule has 2 aliphatic heterocycles. The normalized spacial score (nSPS) is 22.0. The molecule has 0 bridgehead atoms. The molecule has 2 unspecified atom stereocenters. The van der Waals surface area contributed by atoms with Crippen molar-refractivity contribution in [2.45, 2.75) is 97.2 Å². The number of benzene rings is 1. The molecule has 0 spiro atoms. The molecule has 1 aromatic carbocycles. The number of nitrogens with one attached hydrogen (secondary N) is 1. The summed E-state index contributed by atoms with van der Waals surface area (Å²) in [5.74, 6) is 0.309. The van der Waals surface area contributed by atoms with E-state index >= 15 is 0 Å². The van der Waals surface area contributed by atoms with Gasteiger partial charge < -0.3 is 16.0 Å². The van der Waals surface area contributed by atoms with Crippen LogP contribution in [0.15, 0.2) is 29.3 Å². The van der Waals surface area contributed by atoms with E-state index in [1.807, 2.05) is 29.2 Å². The molecule has 3 N–H and O–H groups in total. The number of carbonyl (C=O) groups is 3. The van der Waals surface area contributed by atoms with Gasteiger partial charge in [-0.15, -0.1) is 0 Å². The van der Waals surface area contributed by atoms with Crippen LogP contribution in [0.25, 0.3) is 0 Å². The van der Waals surface area contributed by atoms with E-state index in [0.29, 0.717) is 32.5 Å². The molecular weight excluding hydrogens is 454 g/mol. The molecule has 36 heavy (non-hydrogen) atoms. The number of nitrogens with two attached hydrogens (primary N) is 1. The number of amides is 3. The van der Waals surface area contributed by atoms with Crippen molar-refractivity contribution in [3.63, 3.8) is 0 Å². The van der Waals surface area contributed by atoms with Crippen molar-refractivity contribution >= 4 is 23.7 Å². The highest BCUT2D eigenvalue weighted by Crippen LogP contribution is 2.40. The maximum absolute atomic E-state index is 13.9. The van der Waals surface area contributed by atoms with Crippen molar-refractivity contribution < 1.29 is 14.4 Å². The summed E-state index contributed by atoms with van der Waals surface area (Å²) in [5, 5.41) is 2.97. The molecule has 1 fully saturated rings. The van der Waals surface area contributed by atoms with Gasteiger partial charge in [-0.1, -0.05) is 63.8 Å². The van der Waals surface area contributed by atoms with Gasteiger partial charge in [-0.2, -0.15) is 0 Å². The number of rotatable bonds is 12. The standard InChI is InChI=1S/C28H43N5O3/c1-4-6-8-11-25(35)30-18-22-12-14-23(15-13-22)19-33-26(36)28(16-7-5-2,31-27(33)29)24-10-9-17-32(20-24)21(3)34/h12-15,24H,4-11,16-20H2,1-3H3,(H2,29,31)(H,30,35). The zero-order valence-electron chi connectivity index (χ0n) is 22.2. The first-order valence-corrected chi connectivity index (χ1v) is 13.6. The Labute approximate surface area is 215 Å². The van der Waals surface area contributed by atoms with Crippen LogP contribution in [0.4, 0.5) is 0 Å². The van der Waals surface area contributed by atoms with Crippen LogP contribution >= 0.6 is 0 Å². The summed E-state index contributed by atoms with van der Waals surface area (Å²) >= 11 is 0. The Morgan fingerprint density at radius 2 is 1.81 bits per heavy atom. The number of aliphatic imine (C=N–C) groups is 1. The zero-order chi connectivity index (χ0) is 26.1. The molecule has 0 saturated carbocycles. The van der Waals surface area contributed by atoms with Crippen molar-refractivity contribution in [1.29, 1.82) is 0 Å². The summed E-state index contributed by atoms with van der Waals surface area (Å²) in [6.07, 6.45) is 7.87. The molecule has 3 amide bonds. The molecule has 0 aromatic heterocycles. The van der Waals surface area contributed by atoms with E-state index in [4.69, 9.17) is 10.7 Å².